The lowest BCUT2D eigenvalue weighted by atomic mass is 10.3. The van der Waals surface area contributed by atoms with Crippen LogP contribution in [0.1, 0.15) is 25.7 Å². The van der Waals surface area contributed by atoms with Gasteiger partial charge in [-0.15, -0.1) is 11.3 Å². The van der Waals surface area contributed by atoms with E-state index in [4.69, 9.17) is 0 Å². The predicted molar refractivity (Wildman–Crippen MR) is 96.6 cm³/mol. The molecule has 124 valence electrons. The Balaban J connectivity index is 1.59. The summed E-state index contributed by atoms with van der Waals surface area (Å²) in [5.74, 6) is 0.729. The largest absolute Gasteiger partial charge is 0.340 e. The van der Waals surface area contributed by atoms with Crippen LogP contribution >= 0.6 is 11.3 Å². The van der Waals surface area contributed by atoms with E-state index < -0.39 is 9.84 Å². The molecule has 24 heavy (non-hydrogen) atoms. The Morgan fingerprint density at radius 2 is 1.79 bits per heavy atom. The van der Waals surface area contributed by atoms with Crippen LogP contribution in [0.15, 0.2) is 46.9 Å². The molecule has 0 bridgehead atoms. The van der Waals surface area contributed by atoms with Crippen LogP contribution in [0.25, 0.3) is 10.2 Å². The summed E-state index contributed by atoms with van der Waals surface area (Å²) in [6.07, 6.45) is 5.10. The molecule has 1 fully saturated rings. The number of hydrogen-bond donors (Lipinski definition) is 1. The van der Waals surface area contributed by atoms with Crippen molar-refractivity contribution in [3.8, 4) is 0 Å². The molecule has 0 unspecified atom stereocenters. The van der Waals surface area contributed by atoms with Gasteiger partial charge in [0.15, 0.2) is 9.84 Å². The van der Waals surface area contributed by atoms with Crippen LogP contribution in [0.3, 0.4) is 0 Å². The highest BCUT2D eigenvalue weighted by Gasteiger charge is 2.30. The highest BCUT2D eigenvalue weighted by atomic mass is 32.2. The minimum Gasteiger partial charge on any atom is -0.340 e. The topological polar surface area (TPSA) is 72.0 Å². The van der Waals surface area contributed by atoms with E-state index in [1.165, 1.54) is 6.33 Å². The molecular weight excluding hydrogens is 342 g/mol. The van der Waals surface area contributed by atoms with Gasteiger partial charge in [0.2, 0.25) is 0 Å². The van der Waals surface area contributed by atoms with Crippen molar-refractivity contribution in [1.82, 2.24) is 9.97 Å². The van der Waals surface area contributed by atoms with Crippen molar-refractivity contribution in [2.45, 2.75) is 35.8 Å². The second-order valence-electron chi connectivity index (χ2n) is 5.96. The fourth-order valence-corrected chi connectivity index (χ4v) is 5.73. The zero-order chi connectivity index (χ0) is 16.6. The quantitative estimate of drug-likeness (QED) is 0.757. The van der Waals surface area contributed by atoms with Crippen molar-refractivity contribution < 1.29 is 8.42 Å². The molecule has 0 aliphatic heterocycles. The number of benzene rings is 1. The minimum absolute atomic E-state index is 0.219. The van der Waals surface area contributed by atoms with Crippen molar-refractivity contribution in [2.24, 2.45) is 0 Å². The molecule has 1 aromatic carbocycles. The number of nitrogens with one attached hydrogen (secondary N) is 1. The molecule has 1 saturated carbocycles. The molecule has 5 nitrogen and oxygen atoms in total. The Labute approximate surface area is 144 Å². The summed E-state index contributed by atoms with van der Waals surface area (Å²) < 4.78 is 25.2. The van der Waals surface area contributed by atoms with E-state index >= 15 is 0 Å². The molecule has 1 aliphatic carbocycles. The molecule has 0 atom stereocenters. The number of nitrogens with zero attached hydrogens (tertiary/aromatic N) is 2. The number of sulfone groups is 1. The standard InChI is InChI=1S/C17H17N3O2S2/c21-24(22,13-3-1-2-4-13)14-7-5-12(6-8-14)20-16-15-9-10-23-17(15)19-11-18-16/h5-11,13H,1-4H2,(H,18,19,20). The number of rotatable bonds is 4. The number of thiophene rings is 1. The van der Waals surface area contributed by atoms with Gasteiger partial charge in [-0.1, -0.05) is 12.8 Å². The van der Waals surface area contributed by atoms with Crippen LogP contribution in [0.2, 0.25) is 0 Å². The Bertz CT molecular complexity index is 959. The molecule has 1 N–H and O–H groups in total. The zero-order valence-corrected chi connectivity index (χ0v) is 14.6. The summed E-state index contributed by atoms with van der Waals surface area (Å²) in [6, 6.07) is 8.93. The summed E-state index contributed by atoms with van der Waals surface area (Å²) >= 11 is 1.56. The van der Waals surface area contributed by atoms with Crippen molar-refractivity contribution in [2.75, 3.05) is 5.32 Å². The van der Waals surface area contributed by atoms with Crippen molar-refractivity contribution >= 4 is 42.9 Å². The smallest absolute Gasteiger partial charge is 0.181 e. The molecule has 1 aliphatic rings. The highest BCUT2D eigenvalue weighted by molar-refractivity contribution is 7.92. The summed E-state index contributed by atoms with van der Waals surface area (Å²) in [6.45, 7) is 0. The van der Waals surface area contributed by atoms with Gasteiger partial charge in [-0.05, 0) is 48.6 Å². The lowest BCUT2D eigenvalue weighted by molar-refractivity contribution is 0.579. The third-order valence-corrected chi connectivity index (χ3v) is 7.55. The molecule has 0 saturated heterocycles. The highest BCUT2D eigenvalue weighted by Crippen LogP contribution is 2.31. The van der Waals surface area contributed by atoms with E-state index in [0.29, 0.717) is 4.90 Å². The van der Waals surface area contributed by atoms with Gasteiger partial charge >= 0.3 is 0 Å². The van der Waals surface area contributed by atoms with Crippen molar-refractivity contribution in [3.05, 3.63) is 42.0 Å². The zero-order valence-electron chi connectivity index (χ0n) is 13.0. The van der Waals surface area contributed by atoms with Crippen LogP contribution in [0.4, 0.5) is 11.5 Å². The molecule has 0 radical (unpaired) electrons. The maximum absolute atomic E-state index is 12.6. The summed E-state index contributed by atoms with van der Waals surface area (Å²) in [5, 5.41) is 5.96. The second kappa shape index (κ2) is 6.14. The van der Waals surface area contributed by atoms with Crippen molar-refractivity contribution in [1.29, 1.82) is 0 Å². The molecule has 0 spiro atoms. The van der Waals surface area contributed by atoms with E-state index in [0.717, 1.165) is 47.4 Å². The van der Waals surface area contributed by atoms with Gasteiger partial charge in [-0.25, -0.2) is 18.4 Å². The Morgan fingerprint density at radius 1 is 1.04 bits per heavy atom. The monoisotopic (exact) mass is 359 g/mol. The normalized spacial score (nSPS) is 15.8. The third-order valence-electron chi connectivity index (χ3n) is 4.45. The molecule has 2 aromatic heterocycles. The van der Waals surface area contributed by atoms with E-state index in [-0.39, 0.29) is 5.25 Å². The molecule has 3 aromatic rings. The molecule has 4 rings (SSSR count). The van der Waals surface area contributed by atoms with Gasteiger partial charge in [0.1, 0.15) is 17.0 Å². The summed E-state index contributed by atoms with van der Waals surface area (Å²) in [4.78, 5) is 9.83. The Kier molecular flexibility index (Phi) is 3.97. The van der Waals surface area contributed by atoms with Crippen LogP contribution in [0.5, 0.6) is 0 Å². The summed E-state index contributed by atoms with van der Waals surface area (Å²) in [5.41, 5.74) is 0.812. The fourth-order valence-electron chi connectivity index (χ4n) is 3.15. The van der Waals surface area contributed by atoms with Gasteiger partial charge < -0.3 is 5.32 Å². The van der Waals surface area contributed by atoms with Gasteiger partial charge in [0.25, 0.3) is 0 Å². The number of fused-ring (bicyclic) bond motifs is 1. The maximum atomic E-state index is 12.6. The van der Waals surface area contributed by atoms with Crippen LogP contribution < -0.4 is 5.32 Å². The number of aromatic nitrogens is 2. The first-order valence-corrected chi connectivity index (χ1v) is 10.4. The Hall–Kier alpha value is -1.99. The number of anilines is 2. The van der Waals surface area contributed by atoms with Crippen molar-refractivity contribution in [3.63, 3.8) is 0 Å². The lowest BCUT2D eigenvalue weighted by Gasteiger charge is -2.12. The predicted octanol–water partition coefficient (Wildman–Crippen LogP) is 4.15. The minimum atomic E-state index is -3.21. The second-order valence-corrected chi connectivity index (χ2v) is 9.09. The molecular formula is C17H17N3O2S2. The van der Waals surface area contributed by atoms with Crippen LogP contribution in [0, 0.1) is 0 Å². The first kappa shape index (κ1) is 15.5. The molecule has 7 heteroatoms. The SMILES string of the molecule is O=S(=O)(c1ccc(Nc2ncnc3sccc23)cc1)C1CCCC1. The first-order chi connectivity index (χ1) is 11.6. The van der Waals surface area contributed by atoms with Gasteiger partial charge in [0, 0.05) is 5.69 Å². The third kappa shape index (κ3) is 2.78. The Morgan fingerprint density at radius 3 is 2.54 bits per heavy atom. The molecule has 0 amide bonds. The van der Waals surface area contributed by atoms with E-state index in [1.807, 2.05) is 11.4 Å². The van der Waals surface area contributed by atoms with Crippen LogP contribution in [-0.2, 0) is 9.84 Å². The maximum Gasteiger partial charge on any atom is 0.181 e. The lowest BCUT2D eigenvalue weighted by Crippen LogP contribution is -2.17. The van der Waals surface area contributed by atoms with Crippen LogP contribution in [-0.4, -0.2) is 23.6 Å². The van der Waals surface area contributed by atoms with E-state index in [1.54, 1.807) is 35.6 Å². The number of hydrogen-bond acceptors (Lipinski definition) is 6. The first-order valence-electron chi connectivity index (χ1n) is 7.94. The van der Waals surface area contributed by atoms with Gasteiger partial charge in [-0.3, -0.25) is 0 Å². The van der Waals surface area contributed by atoms with Gasteiger partial charge in [-0.2, -0.15) is 0 Å². The fraction of sp³-hybridized carbons (Fsp3) is 0.294. The van der Waals surface area contributed by atoms with Gasteiger partial charge in [0.05, 0.1) is 15.5 Å². The average Bonchev–Trinajstić information content (AvgIpc) is 3.28. The average molecular weight is 359 g/mol. The molecule has 2 heterocycles. The van der Waals surface area contributed by atoms with E-state index in [9.17, 15) is 8.42 Å². The summed E-state index contributed by atoms with van der Waals surface area (Å²) in [7, 11) is -3.21. The van der Waals surface area contributed by atoms with E-state index in [2.05, 4.69) is 15.3 Å².